The van der Waals surface area contributed by atoms with Gasteiger partial charge in [0.1, 0.15) is 0 Å². The number of rotatable bonds is 3. The maximum Gasteiger partial charge on any atom is 0.225 e. The summed E-state index contributed by atoms with van der Waals surface area (Å²) in [5.41, 5.74) is 7.05. The van der Waals surface area contributed by atoms with Gasteiger partial charge >= 0.3 is 0 Å². The largest absolute Gasteiger partial charge is 0.494 e. The van der Waals surface area contributed by atoms with Gasteiger partial charge in [0.05, 0.1) is 12.6 Å². The van der Waals surface area contributed by atoms with Crippen LogP contribution in [0, 0.1) is 11.7 Å². The third-order valence-electron chi connectivity index (χ3n) is 6.04. The monoisotopic (exact) mass is 398 g/mol. The molecule has 2 N–H and O–H groups in total. The minimum Gasteiger partial charge on any atom is -0.494 e. The van der Waals surface area contributed by atoms with Gasteiger partial charge in [0.2, 0.25) is 11.9 Å². The Morgan fingerprint density at radius 3 is 2.76 bits per heavy atom. The number of benzene rings is 1. The molecule has 1 amide bonds. The van der Waals surface area contributed by atoms with Crippen molar-refractivity contribution in [3.05, 3.63) is 23.8 Å². The molecule has 152 valence electrons. The number of carbonyl (C=O) groups excluding carboxylic acids is 1. The minimum atomic E-state index is -0.495. The van der Waals surface area contributed by atoms with Gasteiger partial charge in [-0.2, -0.15) is 4.52 Å². The molecule has 0 unspecified atom stereocenters. The van der Waals surface area contributed by atoms with Crippen molar-refractivity contribution in [1.29, 1.82) is 0 Å². The third kappa shape index (κ3) is 2.95. The van der Waals surface area contributed by atoms with E-state index in [1.54, 1.807) is 0 Å². The standard InChI is InChI=1S/C20H23FN6O2/c1-10-3-4-12(9-26(10)19(28)11-5-6-11)17-24-18-13-7-14(21)16(29-2)8-15(13)23-20(22)27(18)25-17/h7-8,10-12H,3-6,9H2,1-2H3,(H2,22,23)/t10-,12+/m0/s1. The first-order valence-electron chi connectivity index (χ1n) is 9.96. The lowest BCUT2D eigenvalue weighted by Crippen LogP contribution is -2.45. The summed E-state index contributed by atoms with van der Waals surface area (Å²) < 4.78 is 20.8. The topological polar surface area (TPSA) is 98.6 Å². The van der Waals surface area contributed by atoms with E-state index in [0.29, 0.717) is 28.9 Å². The summed E-state index contributed by atoms with van der Waals surface area (Å²) in [5, 5.41) is 5.08. The summed E-state index contributed by atoms with van der Waals surface area (Å²) in [5.74, 6) is 0.845. The van der Waals surface area contributed by atoms with Gasteiger partial charge in [0.25, 0.3) is 0 Å². The summed E-state index contributed by atoms with van der Waals surface area (Å²) in [7, 11) is 1.40. The second-order valence-electron chi connectivity index (χ2n) is 8.07. The number of halogens is 1. The molecule has 3 heterocycles. The molecule has 3 aromatic rings. The molecular formula is C20H23FN6O2. The zero-order valence-electron chi connectivity index (χ0n) is 16.4. The number of aromatic nitrogens is 4. The first-order valence-corrected chi connectivity index (χ1v) is 9.96. The molecule has 2 fully saturated rings. The highest BCUT2D eigenvalue weighted by Crippen LogP contribution is 2.36. The molecule has 2 aliphatic rings. The Morgan fingerprint density at radius 2 is 2.03 bits per heavy atom. The normalized spacial score (nSPS) is 22.4. The molecule has 0 radical (unpaired) electrons. The van der Waals surface area contributed by atoms with E-state index in [0.717, 1.165) is 25.7 Å². The molecular weight excluding hydrogens is 375 g/mol. The van der Waals surface area contributed by atoms with Crippen LogP contribution in [0.4, 0.5) is 10.3 Å². The Balaban J connectivity index is 1.55. The van der Waals surface area contributed by atoms with Gasteiger partial charge in [-0.15, -0.1) is 5.10 Å². The first-order chi connectivity index (χ1) is 14.0. The number of anilines is 1. The highest BCUT2D eigenvalue weighted by molar-refractivity contribution is 5.93. The van der Waals surface area contributed by atoms with E-state index < -0.39 is 5.82 Å². The highest BCUT2D eigenvalue weighted by Gasteiger charge is 2.39. The Bertz CT molecular complexity index is 1130. The molecule has 0 bridgehead atoms. The fraction of sp³-hybridized carbons (Fsp3) is 0.500. The molecule has 1 aliphatic carbocycles. The van der Waals surface area contributed by atoms with Gasteiger partial charge in [-0.05, 0) is 38.7 Å². The number of amides is 1. The van der Waals surface area contributed by atoms with Crippen molar-refractivity contribution in [2.75, 3.05) is 19.4 Å². The average molecular weight is 398 g/mol. The van der Waals surface area contributed by atoms with Crippen molar-refractivity contribution in [3.63, 3.8) is 0 Å². The third-order valence-corrected chi connectivity index (χ3v) is 6.04. The van der Waals surface area contributed by atoms with E-state index in [-0.39, 0.29) is 35.5 Å². The van der Waals surface area contributed by atoms with Crippen LogP contribution in [0.25, 0.3) is 16.6 Å². The van der Waals surface area contributed by atoms with Gasteiger partial charge in [-0.1, -0.05) is 0 Å². The lowest BCUT2D eigenvalue weighted by Gasteiger charge is -2.37. The molecule has 1 saturated heterocycles. The molecule has 5 rings (SSSR count). The molecule has 1 aliphatic heterocycles. The molecule has 1 saturated carbocycles. The highest BCUT2D eigenvalue weighted by atomic mass is 19.1. The van der Waals surface area contributed by atoms with Crippen LogP contribution in [0.2, 0.25) is 0 Å². The van der Waals surface area contributed by atoms with Crippen LogP contribution >= 0.6 is 0 Å². The second-order valence-corrected chi connectivity index (χ2v) is 8.07. The summed E-state index contributed by atoms with van der Waals surface area (Å²) >= 11 is 0. The number of fused-ring (bicyclic) bond motifs is 3. The first kappa shape index (κ1) is 18.1. The number of likely N-dealkylation sites (tertiary alicyclic amines) is 1. The van der Waals surface area contributed by atoms with E-state index in [9.17, 15) is 9.18 Å². The lowest BCUT2D eigenvalue weighted by molar-refractivity contribution is -0.136. The van der Waals surface area contributed by atoms with Gasteiger partial charge in [-0.3, -0.25) is 4.79 Å². The minimum absolute atomic E-state index is 0.0198. The number of nitrogens with two attached hydrogens (primary N) is 1. The second kappa shape index (κ2) is 6.53. The van der Waals surface area contributed by atoms with Crippen molar-refractivity contribution in [3.8, 4) is 5.75 Å². The average Bonchev–Trinajstić information content (AvgIpc) is 3.46. The molecule has 9 heteroatoms. The zero-order valence-corrected chi connectivity index (χ0v) is 16.4. The summed E-state index contributed by atoms with van der Waals surface area (Å²) in [6.45, 7) is 2.69. The van der Waals surface area contributed by atoms with Crippen LogP contribution in [-0.4, -0.2) is 50.1 Å². The van der Waals surface area contributed by atoms with Crippen molar-refractivity contribution in [2.24, 2.45) is 5.92 Å². The fourth-order valence-corrected chi connectivity index (χ4v) is 4.17. The fourth-order valence-electron chi connectivity index (χ4n) is 4.17. The molecule has 29 heavy (non-hydrogen) atoms. The predicted molar refractivity (Wildman–Crippen MR) is 105 cm³/mol. The summed E-state index contributed by atoms with van der Waals surface area (Å²) in [6.07, 6.45) is 3.77. The van der Waals surface area contributed by atoms with Crippen molar-refractivity contribution in [1.82, 2.24) is 24.5 Å². The van der Waals surface area contributed by atoms with Crippen LogP contribution < -0.4 is 10.5 Å². The Hall–Kier alpha value is -2.97. The number of piperidine rings is 1. The van der Waals surface area contributed by atoms with E-state index >= 15 is 0 Å². The maximum atomic E-state index is 14.3. The van der Waals surface area contributed by atoms with E-state index in [4.69, 9.17) is 10.5 Å². The number of hydrogen-bond donors (Lipinski definition) is 1. The molecule has 8 nitrogen and oxygen atoms in total. The van der Waals surface area contributed by atoms with Crippen molar-refractivity contribution in [2.45, 2.75) is 44.6 Å². The number of nitrogens with zero attached hydrogens (tertiary/aromatic N) is 5. The van der Waals surface area contributed by atoms with Gasteiger partial charge < -0.3 is 15.4 Å². The molecule has 1 aromatic carbocycles. The number of nitrogen functional groups attached to an aromatic ring is 1. The molecule has 2 aromatic heterocycles. The lowest BCUT2D eigenvalue weighted by atomic mass is 9.92. The number of methoxy groups -OCH3 is 1. The van der Waals surface area contributed by atoms with Crippen LogP contribution in [0.1, 0.15) is 44.3 Å². The zero-order chi connectivity index (χ0) is 20.3. The predicted octanol–water partition coefficient (Wildman–Crippen LogP) is 2.51. The Kier molecular flexibility index (Phi) is 4.07. The smallest absolute Gasteiger partial charge is 0.225 e. The van der Waals surface area contributed by atoms with E-state index in [2.05, 4.69) is 22.0 Å². The Labute approximate surface area is 166 Å². The summed E-state index contributed by atoms with van der Waals surface area (Å²) in [6, 6.07) is 3.08. The van der Waals surface area contributed by atoms with Crippen LogP contribution in [-0.2, 0) is 4.79 Å². The van der Waals surface area contributed by atoms with E-state index in [1.807, 2.05) is 4.90 Å². The number of hydrogen-bond acceptors (Lipinski definition) is 6. The van der Waals surface area contributed by atoms with Gasteiger partial charge in [0, 0.05) is 35.9 Å². The maximum absolute atomic E-state index is 14.3. The van der Waals surface area contributed by atoms with Crippen LogP contribution in [0.3, 0.4) is 0 Å². The van der Waals surface area contributed by atoms with Crippen molar-refractivity contribution < 1.29 is 13.9 Å². The molecule has 0 spiro atoms. The Morgan fingerprint density at radius 1 is 1.24 bits per heavy atom. The van der Waals surface area contributed by atoms with Gasteiger partial charge in [0.15, 0.2) is 23.0 Å². The number of ether oxygens (including phenoxy) is 1. The van der Waals surface area contributed by atoms with Crippen molar-refractivity contribution >= 4 is 28.4 Å². The van der Waals surface area contributed by atoms with E-state index in [1.165, 1.54) is 23.8 Å². The molecule has 2 atom stereocenters. The van der Waals surface area contributed by atoms with Gasteiger partial charge in [-0.25, -0.2) is 14.4 Å². The van der Waals surface area contributed by atoms with Crippen LogP contribution in [0.15, 0.2) is 12.1 Å². The number of carbonyl (C=O) groups is 1. The summed E-state index contributed by atoms with van der Waals surface area (Å²) in [4.78, 5) is 23.6. The quantitative estimate of drug-likeness (QED) is 0.728. The SMILES string of the molecule is COc1cc2nc(N)n3nc([C@@H]4CC[C@H](C)N(C(=O)C5CC5)C4)nc3c2cc1F. The van der Waals surface area contributed by atoms with Crippen LogP contribution in [0.5, 0.6) is 5.75 Å².